The second kappa shape index (κ2) is 8.94. The van der Waals surface area contributed by atoms with Crippen LogP contribution in [0.1, 0.15) is 23.7 Å². The highest BCUT2D eigenvalue weighted by atomic mass is 79.9. The summed E-state index contributed by atoms with van der Waals surface area (Å²) in [4.78, 5) is 11.8. The van der Waals surface area contributed by atoms with Crippen LogP contribution in [0.15, 0.2) is 24.3 Å². The van der Waals surface area contributed by atoms with E-state index < -0.39 is 0 Å². The molecule has 0 fully saturated rings. The van der Waals surface area contributed by atoms with Crippen molar-refractivity contribution in [2.45, 2.75) is 13.3 Å². The van der Waals surface area contributed by atoms with Gasteiger partial charge < -0.3 is 14.8 Å². The summed E-state index contributed by atoms with van der Waals surface area (Å²) in [5, 5.41) is 2.84. The highest BCUT2D eigenvalue weighted by Gasteiger charge is 2.05. The van der Waals surface area contributed by atoms with Gasteiger partial charge in [-0.1, -0.05) is 6.07 Å². The van der Waals surface area contributed by atoms with Gasteiger partial charge in [-0.2, -0.15) is 0 Å². The molecule has 1 aromatic carbocycles. The van der Waals surface area contributed by atoms with Gasteiger partial charge in [-0.3, -0.25) is 4.79 Å². The van der Waals surface area contributed by atoms with E-state index in [1.165, 1.54) is 0 Å². The molecule has 0 heterocycles. The molecule has 4 nitrogen and oxygen atoms in total. The molecule has 0 saturated carbocycles. The second-order valence-electron chi connectivity index (χ2n) is 3.59. The van der Waals surface area contributed by atoms with E-state index >= 15 is 0 Å². The van der Waals surface area contributed by atoms with Crippen LogP contribution in [-0.2, 0) is 4.74 Å². The SMILES string of the molecule is CCOCCCNC(=O)c1cccc(OCBr)c1. The molecule has 0 aromatic heterocycles. The van der Waals surface area contributed by atoms with Gasteiger partial charge >= 0.3 is 0 Å². The Hall–Kier alpha value is -1.07. The normalized spacial score (nSPS) is 10.1. The van der Waals surface area contributed by atoms with Crippen molar-refractivity contribution in [1.82, 2.24) is 5.32 Å². The molecule has 18 heavy (non-hydrogen) atoms. The molecule has 1 rings (SSSR count). The maximum absolute atomic E-state index is 11.8. The monoisotopic (exact) mass is 315 g/mol. The van der Waals surface area contributed by atoms with E-state index in [0.717, 1.165) is 6.42 Å². The number of carbonyl (C=O) groups is 1. The fourth-order valence-electron chi connectivity index (χ4n) is 1.41. The van der Waals surface area contributed by atoms with Crippen LogP contribution >= 0.6 is 15.9 Å². The first kappa shape index (κ1) is 15.0. The maximum atomic E-state index is 11.8. The van der Waals surface area contributed by atoms with E-state index in [4.69, 9.17) is 9.47 Å². The van der Waals surface area contributed by atoms with Gasteiger partial charge in [-0.05, 0) is 47.5 Å². The van der Waals surface area contributed by atoms with E-state index in [1.807, 2.05) is 13.0 Å². The van der Waals surface area contributed by atoms with Gasteiger partial charge in [0.25, 0.3) is 5.91 Å². The molecule has 0 aliphatic heterocycles. The molecular weight excluding hydrogens is 298 g/mol. The highest BCUT2D eigenvalue weighted by molar-refractivity contribution is 9.09. The highest BCUT2D eigenvalue weighted by Crippen LogP contribution is 2.13. The van der Waals surface area contributed by atoms with E-state index in [1.54, 1.807) is 18.2 Å². The molecular formula is C13H18BrNO3. The lowest BCUT2D eigenvalue weighted by Gasteiger charge is -2.07. The number of rotatable bonds is 8. The molecule has 1 amide bonds. The number of hydrogen-bond donors (Lipinski definition) is 1. The zero-order valence-electron chi connectivity index (χ0n) is 10.4. The number of hydrogen-bond acceptors (Lipinski definition) is 3. The Morgan fingerprint density at radius 1 is 1.44 bits per heavy atom. The molecule has 0 saturated heterocycles. The maximum Gasteiger partial charge on any atom is 0.251 e. The molecule has 100 valence electrons. The van der Waals surface area contributed by atoms with Crippen molar-refractivity contribution >= 4 is 21.8 Å². The Morgan fingerprint density at radius 3 is 3.00 bits per heavy atom. The summed E-state index contributed by atoms with van der Waals surface area (Å²) in [7, 11) is 0. The Bertz CT molecular complexity index is 371. The lowest BCUT2D eigenvalue weighted by molar-refractivity contribution is 0.0944. The molecule has 0 spiro atoms. The quantitative estimate of drug-likeness (QED) is 0.592. The Kier molecular flexibility index (Phi) is 7.44. The van der Waals surface area contributed by atoms with Crippen molar-refractivity contribution in [2.75, 3.05) is 25.3 Å². The largest absolute Gasteiger partial charge is 0.482 e. The summed E-state index contributed by atoms with van der Waals surface area (Å²) >= 11 is 3.18. The summed E-state index contributed by atoms with van der Waals surface area (Å²) in [5.74, 6) is 0.584. The van der Waals surface area contributed by atoms with Gasteiger partial charge in [0.05, 0.1) is 0 Å². The standard InChI is InChI=1S/C13H18BrNO3/c1-2-17-8-4-7-15-13(16)11-5-3-6-12(9-11)18-10-14/h3,5-6,9H,2,4,7-8,10H2,1H3,(H,15,16). The minimum Gasteiger partial charge on any atom is -0.482 e. The first-order chi connectivity index (χ1) is 8.77. The summed E-state index contributed by atoms with van der Waals surface area (Å²) in [5.41, 5.74) is 1.01. The van der Waals surface area contributed by atoms with Crippen LogP contribution in [0.4, 0.5) is 0 Å². The number of ether oxygens (including phenoxy) is 2. The Balaban J connectivity index is 2.38. The Morgan fingerprint density at radius 2 is 2.28 bits per heavy atom. The number of halogens is 1. The smallest absolute Gasteiger partial charge is 0.251 e. The van der Waals surface area contributed by atoms with Gasteiger partial charge in [0, 0.05) is 25.3 Å². The molecule has 0 radical (unpaired) electrons. The van der Waals surface area contributed by atoms with Crippen molar-refractivity contribution in [2.24, 2.45) is 0 Å². The van der Waals surface area contributed by atoms with E-state index in [-0.39, 0.29) is 5.91 Å². The van der Waals surface area contributed by atoms with Gasteiger partial charge in [-0.15, -0.1) is 0 Å². The zero-order valence-corrected chi connectivity index (χ0v) is 12.0. The van der Waals surface area contributed by atoms with Crippen molar-refractivity contribution < 1.29 is 14.3 Å². The molecule has 0 atom stereocenters. The summed E-state index contributed by atoms with van der Waals surface area (Å²) < 4.78 is 10.5. The summed E-state index contributed by atoms with van der Waals surface area (Å²) in [6, 6.07) is 7.10. The fourth-order valence-corrected chi connectivity index (χ4v) is 1.68. The van der Waals surface area contributed by atoms with Gasteiger partial charge in [-0.25, -0.2) is 0 Å². The van der Waals surface area contributed by atoms with E-state index in [2.05, 4.69) is 21.2 Å². The van der Waals surface area contributed by atoms with Crippen LogP contribution in [0.5, 0.6) is 5.75 Å². The summed E-state index contributed by atoms with van der Waals surface area (Å²) in [6.45, 7) is 3.94. The Labute approximate surface area is 116 Å². The average molecular weight is 316 g/mol. The second-order valence-corrected chi connectivity index (χ2v) is 4.05. The van der Waals surface area contributed by atoms with Crippen molar-refractivity contribution in [1.29, 1.82) is 0 Å². The van der Waals surface area contributed by atoms with Crippen LogP contribution in [0.2, 0.25) is 0 Å². The molecule has 0 aliphatic rings. The predicted molar refractivity (Wildman–Crippen MR) is 74.3 cm³/mol. The topological polar surface area (TPSA) is 47.6 Å². The molecule has 1 N–H and O–H groups in total. The van der Waals surface area contributed by atoms with Gasteiger partial charge in [0.1, 0.15) is 11.3 Å². The minimum atomic E-state index is -0.0912. The number of alkyl halides is 1. The van der Waals surface area contributed by atoms with Crippen LogP contribution in [0.25, 0.3) is 0 Å². The third-order valence-electron chi connectivity index (χ3n) is 2.27. The van der Waals surface area contributed by atoms with Gasteiger partial charge in [0.2, 0.25) is 0 Å². The first-order valence-electron chi connectivity index (χ1n) is 5.92. The van der Waals surface area contributed by atoms with Crippen molar-refractivity contribution in [3.8, 4) is 5.75 Å². The van der Waals surface area contributed by atoms with Crippen LogP contribution in [0.3, 0.4) is 0 Å². The molecule has 5 heteroatoms. The molecule has 0 bridgehead atoms. The van der Waals surface area contributed by atoms with Crippen LogP contribution in [0, 0.1) is 0 Å². The zero-order chi connectivity index (χ0) is 13.2. The predicted octanol–water partition coefficient (Wildman–Crippen LogP) is 2.57. The molecule has 0 aliphatic carbocycles. The lowest BCUT2D eigenvalue weighted by Crippen LogP contribution is -2.25. The number of benzene rings is 1. The number of amides is 1. The number of nitrogens with one attached hydrogen (secondary N) is 1. The van der Waals surface area contributed by atoms with Crippen molar-refractivity contribution in [3.05, 3.63) is 29.8 Å². The van der Waals surface area contributed by atoms with Crippen molar-refractivity contribution in [3.63, 3.8) is 0 Å². The third-order valence-corrected chi connectivity index (χ3v) is 2.50. The molecule has 0 unspecified atom stereocenters. The molecule has 1 aromatic rings. The minimum absolute atomic E-state index is 0.0912. The van der Waals surface area contributed by atoms with Gasteiger partial charge in [0.15, 0.2) is 0 Å². The third kappa shape index (κ3) is 5.51. The lowest BCUT2D eigenvalue weighted by atomic mass is 10.2. The van der Waals surface area contributed by atoms with Crippen LogP contribution < -0.4 is 10.1 Å². The van der Waals surface area contributed by atoms with Crippen LogP contribution in [-0.4, -0.2) is 31.2 Å². The summed E-state index contributed by atoms with van der Waals surface area (Å²) in [6.07, 6.45) is 0.817. The fraction of sp³-hybridized carbons (Fsp3) is 0.462. The first-order valence-corrected chi connectivity index (χ1v) is 7.05. The van der Waals surface area contributed by atoms with E-state index in [0.29, 0.717) is 36.6 Å². The average Bonchev–Trinajstić information content (AvgIpc) is 2.39. The number of carbonyl (C=O) groups excluding carboxylic acids is 1. The van der Waals surface area contributed by atoms with E-state index in [9.17, 15) is 4.79 Å².